The molecule has 4 rings (SSSR count). The van der Waals surface area contributed by atoms with Gasteiger partial charge >= 0.3 is 12.5 Å². The number of nitrogens with one attached hydrogen (secondary N) is 3. The standard InChI is InChI=1S/C25H25F6N3O3/c26-24(27,28)17-3-1-15(2-4-17)13-20(21(35)33-18-9-12-32-14-18)34-22(36)23(10-11-23)16-5-7-19(8-6-16)37-25(29,30)31/h1-8,18,20,32H,9-14H2,(H,33,35)(H,34,36)/t18-,20-/m0/s1. The monoisotopic (exact) mass is 529 g/mol. The molecule has 0 bridgehead atoms. The zero-order valence-electron chi connectivity index (χ0n) is 19.5. The summed E-state index contributed by atoms with van der Waals surface area (Å²) in [6.07, 6.45) is -7.83. The maximum Gasteiger partial charge on any atom is 0.573 e. The van der Waals surface area contributed by atoms with Gasteiger partial charge in [-0.3, -0.25) is 9.59 Å². The molecule has 1 saturated carbocycles. The van der Waals surface area contributed by atoms with E-state index in [0.717, 1.165) is 30.8 Å². The molecule has 1 saturated heterocycles. The number of rotatable bonds is 8. The molecule has 2 aromatic rings. The lowest BCUT2D eigenvalue weighted by Gasteiger charge is -2.24. The van der Waals surface area contributed by atoms with Crippen LogP contribution >= 0.6 is 0 Å². The van der Waals surface area contributed by atoms with Crippen LogP contribution < -0.4 is 20.7 Å². The van der Waals surface area contributed by atoms with Crippen LogP contribution in [0, 0.1) is 0 Å². The molecule has 37 heavy (non-hydrogen) atoms. The van der Waals surface area contributed by atoms with E-state index in [9.17, 15) is 35.9 Å². The molecule has 2 aromatic carbocycles. The molecule has 2 amide bonds. The molecule has 1 aliphatic heterocycles. The minimum Gasteiger partial charge on any atom is -0.406 e. The minimum atomic E-state index is -4.84. The summed E-state index contributed by atoms with van der Waals surface area (Å²) in [5.41, 5.74) is -0.928. The number of carbonyl (C=O) groups excluding carboxylic acids is 2. The van der Waals surface area contributed by atoms with Gasteiger partial charge in [0.1, 0.15) is 11.8 Å². The molecule has 1 aliphatic carbocycles. The lowest BCUT2D eigenvalue weighted by Crippen LogP contribution is -2.53. The molecule has 2 aliphatic rings. The van der Waals surface area contributed by atoms with Gasteiger partial charge in [-0.1, -0.05) is 24.3 Å². The Labute approximate surface area is 208 Å². The number of hydrogen-bond donors (Lipinski definition) is 3. The normalized spacial score (nSPS) is 19.7. The minimum absolute atomic E-state index is 0.0374. The molecule has 2 atom stereocenters. The number of amides is 2. The SMILES string of the molecule is O=C(N[C@H]1CCNC1)[C@H](Cc1ccc(C(F)(F)F)cc1)NC(=O)C1(c2ccc(OC(F)(F)F)cc2)CC1. The van der Waals surface area contributed by atoms with Crippen LogP contribution in [0.3, 0.4) is 0 Å². The third-order valence-electron chi connectivity index (χ3n) is 6.57. The fraction of sp³-hybridized carbons (Fsp3) is 0.440. The van der Waals surface area contributed by atoms with Gasteiger partial charge in [0.15, 0.2) is 0 Å². The Kier molecular flexibility index (Phi) is 7.40. The molecule has 0 radical (unpaired) electrons. The summed E-state index contributed by atoms with van der Waals surface area (Å²) < 4.78 is 80.0. The predicted octanol–water partition coefficient (Wildman–Crippen LogP) is 3.84. The largest absolute Gasteiger partial charge is 0.573 e. The van der Waals surface area contributed by atoms with E-state index in [1.54, 1.807) is 0 Å². The first-order valence-electron chi connectivity index (χ1n) is 11.7. The van der Waals surface area contributed by atoms with Crippen molar-refractivity contribution < 1.29 is 40.7 Å². The molecular weight excluding hydrogens is 504 g/mol. The first-order valence-corrected chi connectivity index (χ1v) is 11.7. The first-order chi connectivity index (χ1) is 17.4. The van der Waals surface area contributed by atoms with Crippen LogP contribution in [0.15, 0.2) is 48.5 Å². The molecule has 0 aromatic heterocycles. The Bertz CT molecular complexity index is 1110. The van der Waals surface area contributed by atoms with E-state index < -0.39 is 47.1 Å². The van der Waals surface area contributed by atoms with Gasteiger partial charge in [-0.05, 0) is 61.2 Å². The Morgan fingerprint density at radius 2 is 1.65 bits per heavy atom. The zero-order chi connectivity index (χ0) is 26.8. The molecule has 6 nitrogen and oxygen atoms in total. The number of ether oxygens (including phenoxy) is 1. The van der Waals surface area contributed by atoms with Crippen molar-refractivity contribution in [1.29, 1.82) is 0 Å². The maximum absolute atomic E-state index is 13.3. The van der Waals surface area contributed by atoms with E-state index in [1.807, 2.05) is 0 Å². The second-order valence-corrected chi connectivity index (χ2v) is 9.28. The Balaban J connectivity index is 1.50. The summed E-state index contributed by atoms with van der Waals surface area (Å²) in [7, 11) is 0. The molecule has 2 fully saturated rings. The molecule has 3 N–H and O–H groups in total. The van der Waals surface area contributed by atoms with Crippen LogP contribution in [0.5, 0.6) is 5.75 Å². The van der Waals surface area contributed by atoms with Crippen molar-refractivity contribution in [3.63, 3.8) is 0 Å². The van der Waals surface area contributed by atoms with Gasteiger partial charge in [-0.25, -0.2) is 0 Å². The van der Waals surface area contributed by atoms with Crippen LogP contribution in [-0.4, -0.2) is 43.3 Å². The summed E-state index contributed by atoms with van der Waals surface area (Å²) in [6, 6.07) is 8.15. The van der Waals surface area contributed by atoms with Crippen molar-refractivity contribution in [2.45, 2.75) is 55.7 Å². The van der Waals surface area contributed by atoms with Gasteiger partial charge in [0.25, 0.3) is 0 Å². The second-order valence-electron chi connectivity index (χ2n) is 9.28. The summed E-state index contributed by atoms with van der Waals surface area (Å²) in [5.74, 6) is -1.36. The van der Waals surface area contributed by atoms with Crippen molar-refractivity contribution in [1.82, 2.24) is 16.0 Å². The Hall–Kier alpha value is -3.28. The van der Waals surface area contributed by atoms with Crippen LogP contribution in [0.2, 0.25) is 0 Å². The summed E-state index contributed by atoms with van der Waals surface area (Å²) in [5, 5.41) is 8.71. The molecular formula is C25H25F6N3O3. The quantitative estimate of drug-likeness (QED) is 0.454. The van der Waals surface area contributed by atoms with Crippen molar-refractivity contribution in [2.24, 2.45) is 0 Å². The summed E-state index contributed by atoms with van der Waals surface area (Å²) in [4.78, 5) is 26.4. The lowest BCUT2D eigenvalue weighted by atomic mass is 9.93. The van der Waals surface area contributed by atoms with Crippen LogP contribution in [0.4, 0.5) is 26.3 Å². The van der Waals surface area contributed by atoms with Gasteiger partial charge in [-0.15, -0.1) is 13.2 Å². The number of halogens is 6. The van der Waals surface area contributed by atoms with Gasteiger partial charge < -0.3 is 20.7 Å². The van der Waals surface area contributed by atoms with Gasteiger partial charge in [0.05, 0.1) is 11.0 Å². The van der Waals surface area contributed by atoms with E-state index in [4.69, 9.17) is 0 Å². The van der Waals surface area contributed by atoms with Crippen LogP contribution in [-0.2, 0) is 27.6 Å². The topological polar surface area (TPSA) is 79.5 Å². The van der Waals surface area contributed by atoms with Crippen molar-refractivity contribution in [3.05, 3.63) is 65.2 Å². The average Bonchev–Trinajstić information content (AvgIpc) is 3.47. The van der Waals surface area contributed by atoms with Gasteiger partial charge in [-0.2, -0.15) is 13.2 Å². The molecule has 0 spiro atoms. The fourth-order valence-corrected chi connectivity index (χ4v) is 4.40. The fourth-order valence-electron chi connectivity index (χ4n) is 4.40. The highest BCUT2D eigenvalue weighted by Gasteiger charge is 2.52. The first kappa shape index (κ1) is 26.8. The number of hydrogen-bond acceptors (Lipinski definition) is 4. The lowest BCUT2D eigenvalue weighted by molar-refractivity contribution is -0.274. The number of benzene rings is 2. The summed E-state index contributed by atoms with van der Waals surface area (Å²) >= 11 is 0. The third kappa shape index (κ3) is 6.73. The van der Waals surface area contributed by atoms with Crippen LogP contribution in [0.1, 0.15) is 36.0 Å². The Morgan fingerprint density at radius 3 is 2.16 bits per heavy atom. The van der Waals surface area contributed by atoms with E-state index >= 15 is 0 Å². The molecule has 12 heteroatoms. The highest BCUT2D eigenvalue weighted by Crippen LogP contribution is 2.49. The van der Waals surface area contributed by atoms with Gasteiger partial charge in [0, 0.05) is 19.0 Å². The highest BCUT2D eigenvalue weighted by molar-refractivity contribution is 5.95. The van der Waals surface area contributed by atoms with E-state index in [1.165, 1.54) is 24.3 Å². The highest BCUT2D eigenvalue weighted by atomic mass is 19.4. The number of carbonyl (C=O) groups is 2. The summed E-state index contributed by atoms with van der Waals surface area (Å²) in [6.45, 7) is 1.28. The smallest absolute Gasteiger partial charge is 0.406 e. The Morgan fingerprint density at radius 1 is 1.00 bits per heavy atom. The second kappa shape index (κ2) is 10.2. The zero-order valence-corrected chi connectivity index (χ0v) is 19.5. The van der Waals surface area contributed by atoms with Crippen molar-refractivity contribution in [3.8, 4) is 5.75 Å². The van der Waals surface area contributed by atoms with E-state index in [-0.39, 0.29) is 12.5 Å². The van der Waals surface area contributed by atoms with Crippen molar-refractivity contribution in [2.75, 3.05) is 13.1 Å². The maximum atomic E-state index is 13.3. The molecule has 200 valence electrons. The molecule has 1 heterocycles. The van der Waals surface area contributed by atoms with Gasteiger partial charge in [0.2, 0.25) is 11.8 Å². The van der Waals surface area contributed by atoms with Crippen LogP contribution in [0.25, 0.3) is 0 Å². The average molecular weight is 529 g/mol. The third-order valence-corrected chi connectivity index (χ3v) is 6.57. The molecule has 0 unspecified atom stereocenters. The predicted molar refractivity (Wildman–Crippen MR) is 121 cm³/mol. The van der Waals surface area contributed by atoms with E-state index in [0.29, 0.717) is 36.9 Å². The number of alkyl halides is 6. The van der Waals surface area contributed by atoms with Crippen molar-refractivity contribution >= 4 is 11.8 Å². The van der Waals surface area contributed by atoms with E-state index in [2.05, 4.69) is 20.7 Å².